The second-order valence-corrected chi connectivity index (χ2v) is 1.81. The summed E-state index contributed by atoms with van der Waals surface area (Å²) < 4.78 is 0. The predicted molar refractivity (Wildman–Crippen MR) is 26.3 cm³/mol. The van der Waals surface area contributed by atoms with Crippen molar-refractivity contribution in [3.63, 3.8) is 0 Å². The van der Waals surface area contributed by atoms with E-state index in [1.165, 1.54) is 24.8 Å². The molecule has 34 valence electrons. The Labute approximate surface area is 57.2 Å². The molecular formula is C6H9Li. The molecule has 0 aromatic heterocycles. The molecule has 0 unspecified atom stereocenters. The molecule has 1 rings (SSSR count). The van der Waals surface area contributed by atoms with E-state index in [1.54, 1.807) is 0 Å². The van der Waals surface area contributed by atoms with Gasteiger partial charge in [-0.1, -0.05) is 19.8 Å². The average Bonchev–Trinajstić information content (AvgIpc) is 1.86. The first-order valence-electron chi connectivity index (χ1n) is 2.46. The molecule has 0 heterocycles. The van der Waals surface area contributed by atoms with Crippen molar-refractivity contribution in [2.24, 2.45) is 0 Å². The van der Waals surface area contributed by atoms with Gasteiger partial charge in [0, 0.05) is 0 Å². The fourth-order valence-corrected chi connectivity index (χ4v) is 0.744. The Morgan fingerprint density at radius 2 is 2.29 bits per heavy atom. The van der Waals surface area contributed by atoms with Gasteiger partial charge in [-0.2, -0.15) is 6.42 Å². The predicted octanol–water partition coefficient (Wildman–Crippen LogP) is -1.08. The summed E-state index contributed by atoms with van der Waals surface area (Å²) >= 11 is 0. The minimum atomic E-state index is 0. The van der Waals surface area contributed by atoms with Crippen LogP contribution in [0.15, 0.2) is 5.57 Å². The summed E-state index contributed by atoms with van der Waals surface area (Å²) in [5.74, 6) is 0. The van der Waals surface area contributed by atoms with Crippen molar-refractivity contribution in [1.82, 2.24) is 0 Å². The monoisotopic (exact) mass is 88.1 g/mol. The van der Waals surface area contributed by atoms with Crippen LogP contribution < -0.4 is 18.9 Å². The first-order valence-corrected chi connectivity index (χ1v) is 2.46. The van der Waals surface area contributed by atoms with Gasteiger partial charge in [-0.05, 0) is 0 Å². The van der Waals surface area contributed by atoms with Crippen molar-refractivity contribution < 1.29 is 18.9 Å². The Morgan fingerprint density at radius 3 is 2.43 bits per heavy atom. The molecule has 0 aromatic rings. The SMILES string of the molecule is CC1=[C-]CCC1.[Li+]. The van der Waals surface area contributed by atoms with Crippen molar-refractivity contribution in [2.75, 3.05) is 0 Å². The molecule has 0 aliphatic heterocycles. The summed E-state index contributed by atoms with van der Waals surface area (Å²) in [5.41, 5.74) is 1.45. The minimum absolute atomic E-state index is 0. The Balaban J connectivity index is 0.000000360. The van der Waals surface area contributed by atoms with Gasteiger partial charge in [0.05, 0.1) is 0 Å². The summed E-state index contributed by atoms with van der Waals surface area (Å²) in [4.78, 5) is 0. The molecule has 0 atom stereocenters. The van der Waals surface area contributed by atoms with Gasteiger partial charge in [0.1, 0.15) is 0 Å². The molecule has 1 aliphatic rings. The molecule has 0 radical (unpaired) electrons. The van der Waals surface area contributed by atoms with Crippen LogP contribution >= 0.6 is 0 Å². The van der Waals surface area contributed by atoms with Crippen molar-refractivity contribution in [2.45, 2.75) is 26.2 Å². The van der Waals surface area contributed by atoms with Gasteiger partial charge in [-0.25, -0.2) is 0 Å². The Bertz CT molecular complexity index is 74.2. The van der Waals surface area contributed by atoms with E-state index in [4.69, 9.17) is 0 Å². The van der Waals surface area contributed by atoms with Gasteiger partial charge >= 0.3 is 18.9 Å². The maximum absolute atomic E-state index is 3.24. The van der Waals surface area contributed by atoms with E-state index >= 15 is 0 Å². The van der Waals surface area contributed by atoms with Crippen LogP contribution in [0.2, 0.25) is 0 Å². The number of allylic oxidation sites excluding steroid dienone is 2. The molecule has 0 amide bonds. The Kier molecular flexibility index (Phi) is 3.52. The van der Waals surface area contributed by atoms with Crippen LogP contribution in [0.4, 0.5) is 0 Å². The molecule has 0 spiro atoms. The molecular weight excluding hydrogens is 79.0 g/mol. The summed E-state index contributed by atoms with van der Waals surface area (Å²) in [6.45, 7) is 2.15. The largest absolute Gasteiger partial charge is 1.00 e. The van der Waals surface area contributed by atoms with Gasteiger partial charge in [0.15, 0.2) is 0 Å². The average molecular weight is 88.1 g/mol. The molecule has 0 bridgehead atoms. The molecule has 1 aliphatic carbocycles. The number of hydrogen-bond donors (Lipinski definition) is 0. The van der Waals surface area contributed by atoms with Crippen molar-refractivity contribution in [3.05, 3.63) is 11.6 Å². The Hall–Kier alpha value is 0.337. The first-order chi connectivity index (χ1) is 2.89. The van der Waals surface area contributed by atoms with Crippen LogP contribution in [0.3, 0.4) is 0 Å². The summed E-state index contributed by atoms with van der Waals surface area (Å²) in [6.07, 6.45) is 7.07. The van der Waals surface area contributed by atoms with E-state index in [1.807, 2.05) is 0 Å². The molecule has 0 fully saturated rings. The van der Waals surface area contributed by atoms with Crippen LogP contribution in [0.25, 0.3) is 0 Å². The zero-order valence-electron chi connectivity index (χ0n) is 5.12. The van der Waals surface area contributed by atoms with Gasteiger partial charge < -0.3 is 6.08 Å². The van der Waals surface area contributed by atoms with Crippen molar-refractivity contribution in [1.29, 1.82) is 0 Å². The second-order valence-electron chi connectivity index (χ2n) is 1.81. The maximum atomic E-state index is 3.24. The molecule has 1 heteroatoms. The van der Waals surface area contributed by atoms with Crippen LogP contribution in [0.5, 0.6) is 0 Å². The van der Waals surface area contributed by atoms with Crippen LogP contribution in [0, 0.1) is 6.08 Å². The third-order valence-corrected chi connectivity index (χ3v) is 1.16. The quantitative estimate of drug-likeness (QED) is 0.261. The van der Waals surface area contributed by atoms with E-state index in [-0.39, 0.29) is 18.9 Å². The molecule has 0 aromatic carbocycles. The maximum Gasteiger partial charge on any atom is 1.00 e. The summed E-state index contributed by atoms with van der Waals surface area (Å²) in [5, 5.41) is 0. The zero-order chi connectivity index (χ0) is 4.41. The minimum Gasteiger partial charge on any atom is -0.497 e. The smallest absolute Gasteiger partial charge is 0.497 e. The van der Waals surface area contributed by atoms with Crippen LogP contribution in [0.1, 0.15) is 26.2 Å². The third-order valence-electron chi connectivity index (χ3n) is 1.16. The van der Waals surface area contributed by atoms with E-state index in [2.05, 4.69) is 13.0 Å². The van der Waals surface area contributed by atoms with Crippen molar-refractivity contribution >= 4 is 0 Å². The van der Waals surface area contributed by atoms with Crippen LogP contribution in [-0.4, -0.2) is 0 Å². The molecule has 0 saturated heterocycles. The fourth-order valence-electron chi connectivity index (χ4n) is 0.744. The molecule has 0 nitrogen and oxygen atoms in total. The normalized spacial score (nSPS) is 18.1. The topological polar surface area (TPSA) is 0 Å². The van der Waals surface area contributed by atoms with Gasteiger partial charge in [-0.3, -0.25) is 5.57 Å². The van der Waals surface area contributed by atoms with E-state index in [0.29, 0.717) is 0 Å². The summed E-state index contributed by atoms with van der Waals surface area (Å²) in [6, 6.07) is 0. The molecule has 0 N–H and O–H groups in total. The Morgan fingerprint density at radius 1 is 1.57 bits per heavy atom. The second kappa shape index (κ2) is 3.35. The van der Waals surface area contributed by atoms with Gasteiger partial charge in [0.2, 0.25) is 0 Å². The zero-order valence-corrected chi connectivity index (χ0v) is 5.12. The third kappa shape index (κ3) is 2.21. The van der Waals surface area contributed by atoms with E-state index in [0.717, 1.165) is 0 Å². The first kappa shape index (κ1) is 7.34. The van der Waals surface area contributed by atoms with Crippen molar-refractivity contribution in [3.8, 4) is 0 Å². The molecule has 7 heavy (non-hydrogen) atoms. The standard InChI is InChI=1S/C6H9.Li/c1-6-4-2-3-5-6;/h2-4H2,1H3;/q-1;+1. The van der Waals surface area contributed by atoms with Gasteiger partial charge in [0.25, 0.3) is 0 Å². The fraction of sp³-hybridized carbons (Fsp3) is 0.667. The number of hydrogen-bond acceptors (Lipinski definition) is 0. The molecule has 0 saturated carbocycles. The van der Waals surface area contributed by atoms with Crippen LogP contribution in [-0.2, 0) is 0 Å². The summed E-state index contributed by atoms with van der Waals surface area (Å²) in [7, 11) is 0. The van der Waals surface area contributed by atoms with Gasteiger partial charge in [-0.15, -0.1) is 0 Å². The number of rotatable bonds is 0. The van der Waals surface area contributed by atoms with E-state index < -0.39 is 0 Å². The van der Waals surface area contributed by atoms with E-state index in [9.17, 15) is 0 Å².